The summed E-state index contributed by atoms with van der Waals surface area (Å²) < 4.78 is 4.58. The summed E-state index contributed by atoms with van der Waals surface area (Å²) in [5, 5.41) is 9.06. The highest BCUT2D eigenvalue weighted by atomic mass is 79.9. The summed E-state index contributed by atoms with van der Waals surface area (Å²) >= 11 is 3.19. The first-order valence-electron chi connectivity index (χ1n) is 3.13. The SMILES string of the molecule is O=C(CCCBr)OCCO. The zero-order valence-corrected chi connectivity index (χ0v) is 7.26. The predicted octanol–water partition coefficient (Wildman–Crippen LogP) is 0.697. The highest BCUT2D eigenvalue weighted by Crippen LogP contribution is 1.95. The molecule has 3 nitrogen and oxygen atoms in total. The average Bonchev–Trinajstić information content (AvgIpc) is 1.97. The first-order chi connectivity index (χ1) is 4.81. The highest BCUT2D eigenvalue weighted by molar-refractivity contribution is 9.09. The first-order valence-corrected chi connectivity index (χ1v) is 4.26. The monoisotopic (exact) mass is 210 g/mol. The lowest BCUT2D eigenvalue weighted by atomic mass is 10.3. The van der Waals surface area contributed by atoms with E-state index < -0.39 is 0 Å². The summed E-state index contributed by atoms with van der Waals surface area (Å²) in [4.78, 5) is 10.6. The summed E-state index contributed by atoms with van der Waals surface area (Å²) in [5.74, 6) is -0.242. The molecular formula is C6H11BrO3. The van der Waals surface area contributed by atoms with E-state index in [0.717, 1.165) is 11.8 Å². The van der Waals surface area contributed by atoms with Gasteiger partial charge in [-0.3, -0.25) is 4.79 Å². The fourth-order valence-electron chi connectivity index (χ4n) is 0.443. The van der Waals surface area contributed by atoms with Gasteiger partial charge in [-0.05, 0) is 6.42 Å². The minimum Gasteiger partial charge on any atom is -0.463 e. The molecule has 0 aliphatic rings. The van der Waals surface area contributed by atoms with Gasteiger partial charge in [0, 0.05) is 11.8 Å². The van der Waals surface area contributed by atoms with Crippen LogP contribution in [0.4, 0.5) is 0 Å². The third kappa shape index (κ3) is 6.04. The Bertz CT molecular complexity index is 85.0. The number of carbonyl (C=O) groups is 1. The molecule has 4 heteroatoms. The van der Waals surface area contributed by atoms with Crippen molar-refractivity contribution in [3.8, 4) is 0 Å². The Hall–Kier alpha value is -0.0900. The largest absolute Gasteiger partial charge is 0.463 e. The molecule has 0 atom stereocenters. The number of halogens is 1. The summed E-state index contributed by atoms with van der Waals surface area (Å²) in [6.07, 6.45) is 1.20. The molecule has 10 heavy (non-hydrogen) atoms. The van der Waals surface area contributed by atoms with Crippen molar-refractivity contribution < 1.29 is 14.6 Å². The smallest absolute Gasteiger partial charge is 0.305 e. The van der Waals surface area contributed by atoms with E-state index in [1.807, 2.05) is 0 Å². The van der Waals surface area contributed by atoms with Crippen LogP contribution in [0.25, 0.3) is 0 Å². The molecule has 0 aromatic heterocycles. The Labute approximate surface area is 68.5 Å². The molecular weight excluding hydrogens is 200 g/mol. The molecule has 0 saturated carbocycles. The van der Waals surface area contributed by atoms with Gasteiger partial charge in [0.1, 0.15) is 6.61 Å². The first kappa shape index (κ1) is 9.91. The van der Waals surface area contributed by atoms with Crippen LogP contribution in [0.2, 0.25) is 0 Å². The lowest BCUT2D eigenvalue weighted by Gasteiger charge is -1.99. The molecule has 60 valence electrons. The summed E-state index contributed by atoms with van der Waals surface area (Å²) in [6, 6.07) is 0. The zero-order chi connectivity index (χ0) is 7.82. The molecule has 0 aromatic rings. The van der Waals surface area contributed by atoms with Gasteiger partial charge >= 0.3 is 5.97 Å². The van der Waals surface area contributed by atoms with E-state index >= 15 is 0 Å². The van der Waals surface area contributed by atoms with E-state index in [0.29, 0.717) is 6.42 Å². The fourth-order valence-corrected chi connectivity index (χ4v) is 0.723. The van der Waals surface area contributed by atoms with Gasteiger partial charge < -0.3 is 9.84 Å². The second-order valence-corrected chi connectivity index (χ2v) is 2.53. The van der Waals surface area contributed by atoms with Crippen LogP contribution >= 0.6 is 15.9 Å². The van der Waals surface area contributed by atoms with Crippen molar-refractivity contribution in [2.24, 2.45) is 0 Å². The zero-order valence-electron chi connectivity index (χ0n) is 5.68. The molecule has 0 fully saturated rings. The van der Waals surface area contributed by atoms with Gasteiger partial charge in [-0.1, -0.05) is 15.9 Å². The minimum atomic E-state index is -0.242. The maximum absolute atomic E-state index is 10.6. The van der Waals surface area contributed by atoms with E-state index in [2.05, 4.69) is 20.7 Å². The van der Waals surface area contributed by atoms with Crippen molar-refractivity contribution in [1.29, 1.82) is 0 Å². The number of hydrogen-bond acceptors (Lipinski definition) is 3. The van der Waals surface area contributed by atoms with E-state index in [4.69, 9.17) is 5.11 Å². The van der Waals surface area contributed by atoms with Crippen LogP contribution in [-0.4, -0.2) is 29.6 Å². The van der Waals surface area contributed by atoms with Gasteiger partial charge in [-0.15, -0.1) is 0 Å². The Kier molecular flexibility index (Phi) is 6.96. The van der Waals surface area contributed by atoms with Gasteiger partial charge in [0.2, 0.25) is 0 Å². The van der Waals surface area contributed by atoms with E-state index in [-0.39, 0.29) is 19.2 Å². The number of aliphatic hydroxyl groups excluding tert-OH is 1. The van der Waals surface area contributed by atoms with Crippen molar-refractivity contribution in [2.75, 3.05) is 18.5 Å². The van der Waals surface area contributed by atoms with E-state index in [9.17, 15) is 4.79 Å². The van der Waals surface area contributed by atoms with Crippen molar-refractivity contribution >= 4 is 21.9 Å². The molecule has 0 unspecified atom stereocenters. The van der Waals surface area contributed by atoms with Gasteiger partial charge in [0.25, 0.3) is 0 Å². The second-order valence-electron chi connectivity index (χ2n) is 1.74. The number of carbonyl (C=O) groups excluding carboxylic acids is 1. The predicted molar refractivity (Wildman–Crippen MR) is 41.1 cm³/mol. The van der Waals surface area contributed by atoms with E-state index in [1.165, 1.54) is 0 Å². The molecule has 1 N–H and O–H groups in total. The van der Waals surface area contributed by atoms with Gasteiger partial charge in [-0.2, -0.15) is 0 Å². The standard InChI is InChI=1S/C6H11BrO3/c7-3-1-2-6(9)10-5-4-8/h8H,1-5H2. The summed E-state index contributed by atoms with van der Waals surface area (Å²) in [7, 11) is 0. The van der Waals surface area contributed by atoms with Crippen LogP contribution < -0.4 is 0 Å². The molecule has 0 aromatic carbocycles. The van der Waals surface area contributed by atoms with Crippen LogP contribution in [0.5, 0.6) is 0 Å². The molecule has 0 amide bonds. The molecule has 0 aliphatic carbocycles. The van der Waals surface area contributed by atoms with Crippen molar-refractivity contribution in [2.45, 2.75) is 12.8 Å². The molecule has 0 aliphatic heterocycles. The average molecular weight is 211 g/mol. The Morgan fingerprint density at radius 1 is 1.60 bits per heavy atom. The van der Waals surface area contributed by atoms with Crippen LogP contribution in [0.1, 0.15) is 12.8 Å². The molecule has 0 rings (SSSR count). The number of esters is 1. The second kappa shape index (κ2) is 7.02. The molecule has 0 radical (unpaired) electrons. The van der Waals surface area contributed by atoms with Crippen LogP contribution in [0.15, 0.2) is 0 Å². The number of ether oxygens (including phenoxy) is 1. The van der Waals surface area contributed by atoms with Gasteiger partial charge in [0.05, 0.1) is 6.61 Å². The fraction of sp³-hybridized carbons (Fsp3) is 0.833. The summed E-state index contributed by atoms with van der Waals surface area (Å²) in [6.45, 7) is 0.0151. The maximum Gasteiger partial charge on any atom is 0.305 e. The topological polar surface area (TPSA) is 46.5 Å². The normalized spacial score (nSPS) is 9.40. The molecule has 0 saturated heterocycles. The molecule has 0 spiro atoms. The number of alkyl halides is 1. The van der Waals surface area contributed by atoms with Gasteiger partial charge in [-0.25, -0.2) is 0 Å². The van der Waals surface area contributed by atoms with Crippen LogP contribution in [0, 0.1) is 0 Å². The van der Waals surface area contributed by atoms with E-state index in [1.54, 1.807) is 0 Å². The number of aliphatic hydroxyl groups is 1. The van der Waals surface area contributed by atoms with Crippen molar-refractivity contribution in [3.05, 3.63) is 0 Å². The lowest BCUT2D eigenvalue weighted by molar-refractivity contribution is -0.144. The summed E-state index contributed by atoms with van der Waals surface area (Å²) in [5.41, 5.74) is 0. The maximum atomic E-state index is 10.6. The molecule has 0 bridgehead atoms. The highest BCUT2D eigenvalue weighted by Gasteiger charge is 1.99. The van der Waals surface area contributed by atoms with Crippen molar-refractivity contribution in [3.63, 3.8) is 0 Å². The minimum absolute atomic E-state index is 0.0972. The van der Waals surface area contributed by atoms with Crippen LogP contribution in [-0.2, 0) is 9.53 Å². The Morgan fingerprint density at radius 2 is 2.30 bits per heavy atom. The number of hydrogen-bond donors (Lipinski definition) is 1. The third-order valence-electron chi connectivity index (χ3n) is 0.869. The number of rotatable bonds is 5. The third-order valence-corrected chi connectivity index (χ3v) is 1.43. The lowest BCUT2D eigenvalue weighted by Crippen LogP contribution is -2.07. The molecule has 0 heterocycles. The van der Waals surface area contributed by atoms with Crippen molar-refractivity contribution in [1.82, 2.24) is 0 Å². The quantitative estimate of drug-likeness (QED) is 0.537. The van der Waals surface area contributed by atoms with Crippen LogP contribution in [0.3, 0.4) is 0 Å². The Balaban J connectivity index is 3.09. The Morgan fingerprint density at radius 3 is 2.80 bits per heavy atom. The van der Waals surface area contributed by atoms with Gasteiger partial charge in [0.15, 0.2) is 0 Å².